The van der Waals surface area contributed by atoms with Gasteiger partial charge in [0.2, 0.25) is 0 Å². The molecule has 0 fully saturated rings. The number of fused-ring (bicyclic) bond motifs is 2. The van der Waals surface area contributed by atoms with Gasteiger partial charge in [0.05, 0.1) is 66.8 Å². The molecule has 1 aliphatic rings. The van der Waals surface area contributed by atoms with Crippen molar-refractivity contribution in [2.24, 2.45) is 30.2 Å². The lowest BCUT2D eigenvalue weighted by atomic mass is 10.1. The van der Waals surface area contributed by atoms with Crippen LogP contribution < -0.4 is 10.9 Å². The molecule has 48 heavy (non-hydrogen) atoms. The number of nitrogens with zero attached hydrogens (tertiary/aromatic N) is 8. The molecule has 0 atom stereocenters. The summed E-state index contributed by atoms with van der Waals surface area (Å²) >= 11 is 0. The molecule has 0 spiro atoms. The predicted molar refractivity (Wildman–Crippen MR) is 192 cm³/mol. The summed E-state index contributed by atoms with van der Waals surface area (Å²) in [5, 5.41) is 31.4. The molecule has 0 saturated carbocycles. The maximum absolute atomic E-state index is 11.1. The molecular formula is C34H30N10O4. The second-order valence-corrected chi connectivity index (χ2v) is 10.5. The number of anilines is 2. The first kappa shape index (κ1) is 32.7. The second-order valence-electron chi connectivity index (χ2n) is 10.5. The molecule has 240 valence electrons. The van der Waals surface area contributed by atoms with E-state index >= 15 is 0 Å². The molecular weight excluding hydrogens is 612 g/mol. The molecule has 0 radical (unpaired) electrons. The Balaban J connectivity index is 1.63. The number of benzene rings is 4. The molecule has 0 bridgehead atoms. The number of rotatable bonds is 6. The lowest BCUT2D eigenvalue weighted by molar-refractivity contribution is -0.385. The molecule has 4 aromatic rings. The van der Waals surface area contributed by atoms with Gasteiger partial charge >= 0.3 is 0 Å². The second kappa shape index (κ2) is 14.6. The van der Waals surface area contributed by atoms with Gasteiger partial charge in [0, 0.05) is 24.3 Å². The van der Waals surface area contributed by atoms with E-state index in [1.165, 1.54) is 24.3 Å². The Kier molecular flexibility index (Phi) is 9.94. The molecule has 0 aliphatic carbocycles. The van der Waals surface area contributed by atoms with E-state index in [0.717, 1.165) is 0 Å². The Hall–Kier alpha value is -6.70. The quantitative estimate of drug-likeness (QED) is 0.157. The summed E-state index contributed by atoms with van der Waals surface area (Å²) in [4.78, 5) is 40.8. The number of non-ortho nitro benzene ring substituents is 2. The van der Waals surface area contributed by atoms with Gasteiger partial charge in [-0.15, -0.1) is 0 Å². The highest BCUT2D eigenvalue weighted by Gasteiger charge is 2.16. The van der Waals surface area contributed by atoms with E-state index in [9.17, 15) is 20.2 Å². The Morgan fingerprint density at radius 1 is 0.479 bits per heavy atom. The fourth-order valence-electron chi connectivity index (χ4n) is 4.64. The van der Waals surface area contributed by atoms with Gasteiger partial charge < -0.3 is 0 Å². The third kappa shape index (κ3) is 7.92. The van der Waals surface area contributed by atoms with E-state index < -0.39 is 9.85 Å². The van der Waals surface area contributed by atoms with Gasteiger partial charge in [-0.2, -0.15) is 10.2 Å². The van der Waals surface area contributed by atoms with E-state index in [-0.39, 0.29) is 11.4 Å². The number of hydrogen-bond donors (Lipinski definition) is 2. The minimum Gasteiger partial charge on any atom is -0.278 e. The van der Waals surface area contributed by atoms with Crippen LogP contribution in [0.25, 0.3) is 0 Å². The zero-order valence-corrected chi connectivity index (χ0v) is 26.4. The number of hydrogen-bond acceptors (Lipinski definition) is 12. The highest BCUT2D eigenvalue weighted by atomic mass is 16.6. The zero-order chi connectivity index (χ0) is 34.2. The van der Waals surface area contributed by atoms with Crippen molar-refractivity contribution in [3.05, 3.63) is 117 Å². The Bertz CT molecular complexity index is 1830. The summed E-state index contributed by atoms with van der Waals surface area (Å²) < 4.78 is 0. The number of nitro groups is 2. The molecule has 0 aromatic heterocycles. The lowest BCUT2D eigenvalue weighted by Crippen LogP contribution is -2.22. The molecule has 5 rings (SSSR count). The molecule has 14 heteroatoms. The maximum atomic E-state index is 11.1. The van der Waals surface area contributed by atoms with Crippen LogP contribution in [0.5, 0.6) is 0 Å². The molecule has 0 saturated heterocycles. The number of para-hydroxylation sites is 4. The van der Waals surface area contributed by atoms with Crippen molar-refractivity contribution in [2.45, 2.75) is 27.7 Å². The first-order valence-electron chi connectivity index (χ1n) is 14.7. The van der Waals surface area contributed by atoms with Crippen LogP contribution in [-0.4, -0.2) is 44.1 Å². The fraction of sp³-hybridized carbons (Fsp3) is 0.118. The van der Waals surface area contributed by atoms with Crippen molar-refractivity contribution in [3.63, 3.8) is 0 Å². The van der Waals surface area contributed by atoms with Gasteiger partial charge in [-0.1, -0.05) is 24.3 Å². The lowest BCUT2D eigenvalue weighted by Gasteiger charge is -2.12. The summed E-state index contributed by atoms with van der Waals surface area (Å²) in [6.07, 6.45) is 0. The number of nitrogens with one attached hydrogen (secondary N) is 2. The summed E-state index contributed by atoms with van der Waals surface area (Å²) in [5.74, 6) is 0. The monoisotopic (exact) mass is 642 g/mol. The topological polar surface area (TPSA) is 184 Å². The van der Waals surface area contributed by atoms with Crippen LogP contribution in [0.2, 0.25) is 0 Å². The van der Waals surface area contributed by atoms with Gasteiger partial charge in [0.15, 0.2) is 0 Å². The molecule has 4 aromatic carbocycles. The normalized spacial score (nSPS) is 13.3. The van der Waals surface area contributed by atoms with E-state index in [1.807, 2.05) is 76.2 Å². The Labute approximate surface area is 275 Å². The molecule has 14 nitrogen and oxygen atoms in total. The van der Waals surface area contributed by atoms with E-state index in [2.05, 4.69) is 21.1 Å². The third-order valence-electron chi connectivity index (χ3n) is 7.04. The largest absolute Gasteiger partial charge is 0.278 e. The van der Waals surface area contributed by atoms with Gasteiger partial charge in [-0.25, -0.2) is 20.0 Å². The number of aliphatic imine (C=N–C) groups is 4. The zero-order valence-electron chi connectivity index (χ0n) is 26.4. The molecule has 1 heterocycles. The Morgan fingerprint density at radius 2 is 0.750 bits per heavy atom. The highest BCUT2D eigenvalue weighted by molar-refractivity contribution is 6.69. The third-order valence-corrected chi connectivity index (χ3v) is 7.04. The van der Waals surface area contributed by atoms with Crippen LogP contribution in [0.3, 0.4) is 0 Å². The van der Waals surface area contributed by atoms with Crippen molar-refractivity contribution >= 4 is 79.8 Å². The van der Waals surface area contributed by atoms with Crippen molar-refractivity contribution in [2.75, 3.05) is 10.9 Å². The first-order chi connectivity index (χ1) is 23.1. The summed E-state index contributed by atoms with van der Waals surface area (Å²) in [7, 11) is 0. The standard InChI is InChI=1S/C34H30N10O4/c1-21-33(41-39-25-13-17-27(18-14-25)43(45)46)22(2)36-31-11-7-8-12-32(31)38-24(4)34(23(3)37-30-10-6-5-9-29(30)35-21)42-40-26-15-19-28(20-16-26)44(47)48/h5-20,39-40H,1-4H3. The van der Waals surface area contributed by atoms with Gasteiger partial charge in [0.1, 0.15) is 11.4 Å². The van der Waals surface area contributed by atoms with E-state index in [1.54, 1.807) is 24.3 Å². The van der Waals surface area contributed by atoms with Crippen LogP contribution in [0.4, 0.5) is 45.5 Å². The van der Waals surface area contributed by atoms with Crippen LogP contribution in [-0.2, 0) is 0 Å². The summed E-state index contributed by atoms with van der Waals surface area (Å²) in [5.41, 5.74) is 12.3. The van der Waals surface area contributed by atoms with Crippen molar-refractivity contribution in [1.82, 2.24) is 0 Å². The van der Waals surface area contributed by atoms with Gasteiger partial charge in [0.25, 0.3) is 11.4 Å². The number of nitro benzene ring substituents is 2. The van der Waals surface area contributed by atoms with Crippen LogP contribution >= 0.6 is 0 Å². The molecule has 0 unspecified atom stereocenters. The van der Waals surface area contributed by atoms with Gasteiger partial charge in [-0.05, 0) is 76.2 Å². The highest BCUT2D eigenvalue weighted by Crippen LogP contribution is 2.31. The predicted octanol–water partition coefficient (Wildman–Crippen LogP) is 8.52. The van der Waals surface area contributed by atoms with Crippen molar-refractivity contribution in [1.29, 1.82) is 0 Å². The van der Waals surface area contributed by atoms with Crippen molar-refractivity contribution < 1.29 is 9.85 Å². The summed E-state index contributed by atoms with van der Waals surface area (Å²) in [6, 6.07) is 26.6. The molecule has 2 N–H and O–H groups in total. The SMILES string of the molecule is CC1=Nc2ccccc2N=C(C)C(=NNc2ccc([N+](=O)[O-])cc2)C(C)=Nc2ccccc2N=C(C)C1=NNc1ccc([N+](=O)[O-])cc1. The van der Waals surface area contributed by atoms with E-state index in [4.69, 9.17) is 20.0 Å². The molecule has 0 amide bonds. The fourth-order valence-corrected chi connectivity index (χ4v) is 4.64. The van der Waals surface area contributed by atoms with Gasteiger partial charge in [-0.3, -0.25) is 31.1 Å². The minimum absolute atomic E-state index is 0.0306. The average Bonchev–Trinajstić information content (AvgIpc) is 3.06. The first-order valence-corrected chi connectivity index (χ1v) is 14.7. The molecule has 1 aliphatic heterocycles. The summed E-state index contributed by atoms with van der Waals surface area (Å²) in [6.45, 7) is 7.24. The Morgan fingerprint density at radius 3 is 1.00 bits per heavy atom. The van der Waals surface area contributed by atoms with Crippen LogP contribution in [0, 0.1) is 20.2 Å². The average molecular weight is 643 g/mol. The number of hydrazone groups is 2. The van der Waals surface area contributed by atoms with Crippen molar-refractivity contribution in [3.8, 4) is 0 Å². The minimum atomic E-state index is -0.464. The smallest absolute Gasteiger partial charge is 0.269 e. The maximum Gasteiger partial charge on any atom is 0.269 e. The van der Waals surface area contributed by atoms with Crippen LogP contribution in [0.15, 0.2) is 127 Å². The van der Waals surface area contributed by atoms with E-state index in [0.29, 0.717) is 68.4 Å². The van der Waals surface area contributed by atoms with Crippen LogP contribution in [0.1, 0.15) is 27.7 Å².